The van der Waals surface area contributed by atoms with E-state index in [1.807, 2.05) is 0 Å². The van der Waals surface area contributed by atoms with Crippen molar-refractivity contribution in [2.45, 2.75) is 19.4 Å². The zero-order chi connectivity index (χ0) is 19.1. The molecule has 6 nitrogen and oxygen atoms in total. The van der Waals surface area contributed by atoms with Gasteiger partial charge >= 0.3 is 5.97 Å². The third-order valence-corrected chi connectivity index (χ3v) is 3.64. The van der Waals surface area contributed by atoms with Crippen LogP contribution in [0.25, 0.3) is 0 Å². The summed E-state index contributed by atoms with van der Waals surface area (Å²) in [6.07, 6.45) is -0.0327. The summed E-state index contributed by atoms with van der Waals surface area (Å²) >= 11 is 0. The van der Waals surface area contributed by atoms with Crippen LogP contribution in [-0.4, -0.2) is 30.9 Å². The van der Waals surface area contributed by atoms with Crippen molar-refractivity contribution < 1.29 is 23.5 Å². The van der Waals surface area contributed by atoms with E-state index in [-0.39, 0.29) is 12.3 Å². The number of anilines is 1. The molecule has 0 unspecified atom stereocenters. The topological polar surface area (TPSA) is 84.5 Å². The predicted octanol–water partition coefficient (Wildman–Crippen LogP) is 2.30. The van der Waals surface area contributed by atoms with E-state index < -0.39 is 23.7 Å². The number of esters is 1. The lowest BCUT2D eigenvalue weighted by molar-refractivity contribution is -0.142. The molecule has 0 radical (unpaired) electrons. The number of hydrogen-bond donors (Lipinski definition) is 2. The molecule has 26 heavy (non-hydrogen) atoms. The number of halogens is 1. The lowest BCUT2D eigenvalue weighted by atomic mass is 10.0. The van der Waals surface area contributed by atoms with Crippen LogP contribution in [-0.2, 0) is 20.7 Å². The Morgan fingerprint density at radius 3 is 2.31 bits per heavy atom. The average Bonchev–Trinajstić information content (AvgIpc) is 2.62. The highest BCUT2D eigenvalue weighted by molar-refractivity contribution is 5.97. The molecule has 2 aromatic rings. The van der Waals surface area contributed by atoms with Crippen molar-refractivity contribution in [3.63, 3.8) is 0 Å². The van der Waals surface area contributed by atoms with E-state index in [0.29, 0.717) is 16.8 Å². The molecule has 2 rings (SSSR count). The number of nitrogens with one attached hydrogen (secondary N) is 2. The minimum Gasteiger partial charge on any atom is -0.467 e. The fraction of sp³-hybridized carbons (Fsp3) is 0.211. The van der Waals surface area contributed by atoms with Crippen molar-refractivity contribution in [1.82, 2.24) is 5.32 Å². The highest BCUT2D eigenvalue weighted by Gasteiger charge is 2.23. The van der Waals surface area contributed by atoms with Gasteiger partial charge in [-0.25, -0.2) is 9.18 Å². The summed E-state index contributed by atoms with van der Waals surface area (Å²) in [5, 5.41) is 5.14. The lowest BCUT2D eigenvalue weighted by Gasteiger charge is -2.17. The molecule has 0 fully saturated rings. The lowest BCUT2D eigenvalue weighted by Crippen LogP contribution is -2.43. The van der Waals surface area contributed by atoms with Gasteiger partial charge in [-0.1, -0.05) is 18.2 Å². The molecule has 0 bridgehead atoms. The molecule has 0 saturated carbocycles. The molecule has 2 amide bonds. The van der Waals surface area contributed by atoms with Gasteiger partial charge in [0.2, 0.25) is 5.91 Å². The van der Waals surface area contributed by atoms with E-state index >= 15 is 0 Å². The molecule has 0 aliphatic carbocycles. The van der Waals surface area contributed by atoms with E-state index in [1.54, 1.807) is 30.3 Å². The van der Waals surface area contributed by atoms with Gasteiger partial charge in [-0.2, -0.15) is 0 Å². The van der Waals surface area contributed by atoms with E-state index in [4.69, 9.17) is 4.74 Å². The summed E-state index contributed by atoms with van der Waals surface area (Å²) in [6.45, 7) is 1.38. The number of methoxy groups -OCH3 is 1. The maximum absolute atomic E-state index is 13.8. The highest BCUT2D eigenvalue weighted by atomic mass is 19.1. The summed E-state index contributed by atoms with van der Waals surface area (Å²) in [5.74, 6) is -1.87. The second kappa shape index (κ2) is 8.75. The van der Waals surface area contributed by atoms with Crippen LogP contribution in [0.1, 0.15) is 22.8 Å². The van der Waals surface area contributed by atoms with Crippen LogP contribution >= 0.6 is 0 Å². The zero-order valence-electron chi connectivity index (χ0n) is 14.4. The van der Waals surface area contributed by atoms with Crippen molar-refractivity contribution in [2.75, 3.05) is 12.4 Å². The first-order valence-electron chi connectivity index (χ1n) is 7.90. The molecule has 0 heterocycles. The molecule has 0 aromatic heterocycles. The van der Waals surface area contributed by atoms with Gasteiger partial charge in [-0.3, -0.25) is 9.59 Å². The monoisotopic (exact) mass is 358 g/mol. The zero-order valence-corrected chi connectivity index (χ0v) is 14.4. The maximum atomic E-state index is 13.8. The van der Waals surface area contributed by atoms with Gasteiger partial charge in [0, 0.05) is 24.6 Å². The summed E-state index contributed by atoms with van der Waals surface area (Å²) < 4.78 is 18.5. The molecule has 0 aliphatic rings. The van der Waals surface area contributed by atoms with Crippen molar-refractivity contribution in [3.05, 3.63) is 65.5 Å². The summed E-state index contributed by atoms with van der Waals surface area (Å²) in [5.41, 5.74) is 1.13. The number of benzene rings is 2. The number of hydrogen-bond acceptors (Lipinski definition) is 4. The van der Waals surface area contributed by atoms with Crippen molar-refractivity contribution >= 4 is 23.5 Å². The maximum Gasteiger partial charge on any atom is 0.328 e. The molecule has 2 N–H and O–H groups in total. The van der Waals surface area contributed by atoms with Crippen LogP contribution in [0.2, 0.25) is 0 Å². The van der Waals surface area contributed by atoms with E-state index in [2.05, 4.69) is 10.6 Å². The van der Waals surface area contributed by atoms with Gasteiger partial charge in [-0.15, -0.1) is 0 Å². The molecule has 0 spiro atoms. The van der Waals surface area contributed by atoms with E-state index in [9.17, 15) is 18.8 Å². The number of rotatable bonds is 6. The largest absolute Gasteiger partial charge is 0.467 e. The van der Waals surface area contributed by atoms with Gasteiger partial charge < -0.3 is 15.4 Å². The van der Waals surface area contributed by atoms with Crippen LogP contribution in [0, 0.1) is 5.82 Å². The van der Waals surface area contributed by atoms with Crippen molar-refractivity contribution in [3.8, 4) is 0 Å². The van der Waals surface area contributed by atoms with Gasteiger partial charge in [0.1, 0.15) is 11.9 Å². The van der Waals surface area contributed by atoms with Crippen molar-refractivity contribution in [2.24, 2.45) is 0 Å². The van der Waals surface area contributed by atoms with Crippen LogP contribution in [0.5, 0.6) is 0 Å². The average molecular weight is 358 g/mol. The van der Waals surface area contributed by atoms with Gasteiger partial charge in [0.15, 0.2) is 0 Å². The molecule has 1 atom stereocenters. The molecule has 2 aromatic carbocycles. The van der Waals surface area contributed by atoms with Crippen LogP contribution in [0.4, 0.5) is 10.1 Å². The second-order valence-electron chi connectivity index (χ2n) is 5.60. The minimum atomic E-state index is -1.03. The third-order valence-electron chi connectivity index (χ3n) is 3.64. The number of amides is 2. The molecular weight excluding hydrogens is 339 g/mol. The molecule has 0 saturated heterocycles. The quantitative estimate of drug-likeness (QED) is 0.776. The first kappa shape index (κ1) is 19.1. The predicted molar refractivity (Wildman–Crippen MR) is 94.1 cm³/mol. The first-order chi connectivity index (χ1) is 12.4. The van der Waals surface area contributed by atoms with Crippen LogP contribution < -0.4 is 10.6 Å². The summed E-state index contributed by atoms with van der Waals surface area (Å²) in [7, 11) is 1.20. The normalized spacial score (nSPS) is 11.3. The Bertz CT molecular complexity index is 805. The smallest absolute Gasteiger partial charge is 0.328 e. The Kier molecular flexibility index (Phi) is 6.43. The highest BCUT2D eigenvalue weighted by Crippen LogP contribution is 2.12. The summed E-state index contributed by atoms with van der Waals surface area (Å²) in [6, 6.07) is 11.2. The Morgan fingerprint density at radius 2 is 1.73 bits per heavy atom. The Labute approximate surface area is 150 Å². The van der Waals surface area contributed by atoms with Crippen molar-refractivity contribution in [1.29, 1.82) is 0 Å². The Hall–Kier alpha value is -3.22. The van der Waals surface area contributed by atoms with Gasteiger partial charge in [0.25, 0.3) is 5.91 Å². The SMILES string of the molecule is COC(=O)[C@H](Cc1ccccc1F)NC(=O)c1ccc(NC(C)=O)cc1. The van der Waals surface area contributed by atoms with Gasteiger partial charge in [0.05, 0.1) is 7.11 Å². The second-order valence-corrected chi connectivity index (χ2v) is 5.60. The third kappa shape index (κ3) is 5.14. The first-order valence-corrected chi connectivity index (χ1v) is 7.90. The van der Waals surface area contributed by atoms with E-state index in [1.165, 1.54) is 32.2 Å². The van der Waals surface area contributed by atoms with E-state index in [0.717, 1.165) is 0 Å². The molecule has 136 valence electrons. The van der Waals surface area contributed by atoms with Crippen LogP contribution in [0.15, 0.2) is 48.5 Å². The molecular formula is C19H19FN2O4. The standard InChI is InChI=1S/C19H19FN2O4/c1-12(23)21-15-9-7-13(8-10-15)18(24)22-17(19(25)26-2)11-14-5-3-4-6-16(14)20/h3-10,17H,11H2,1-2H3,(H,21,23)(H,22,24)/t17-/m0/s1. The summed E-state index contributed by atoms with van der Waals surface area (Å²) in [4.78, 5) is 35.4. The fourth-order valence-electron chi connectivity index (χ4n) is 2.37. The number of carbonyl (C=O) groups is 3. The Morgan fingerprint density at radius 1 is 1.08 bits per heavy atom. The van der Waals surface area contributed by atoms with Gasteiger partial charge in [-0.05, 0) is 35.9 Å². The molecule has 0 aliphatic heterocycles. The number of ether oxygens (including phenoxy) is 1. The fourth-order valence-corrected chi connectivity index (χ4v) is 2.37. The minimum absolute atomic E-state index is 0.0327. The molecule has 7 heteroatoms. The number of carbonyl (C=O) groups excluding carboxylic acids is 3. The Balaban J connectivity index is 2.12. The van der Waals surface area contributed by atoms with Crippen LogP contribution in [0.3, 0.4) is 0 Å².